The highest BCUT2D eigenvalue weighted by molar-refractivity contribution is 6.00. The van der Waals surface area contributed by atoms with Gasteiger partial charge in [-0.25, -0.2) is 0 Å². The summed E-state index contributed by atoms with van der Waals surface area (Å²) in [6.07, 6.45) is 9.13. The van der Waals surface area contributed by atoms with E-state index in [0.717, 1.165) is 11.1 Å². The lowest BCUT2D eigenvalue weighted by atomic mass is 9.99. The smallest absolute Gasteiger partial charge is 0.254 e. The van der Waals surface area contributed by atoms with Crippen molar-refractivity contribution in [1.29, 1.82) is 0 Å². The predicted molar refractivity (Wildman–Crippen MR) is 162 cm³/mol. The van der Waals surface area contributed by atoms with Crippen molar-refractivity contribution in [3.8, 4) is 23.0 Å². The molecule has 3 aromatic heterocycles. The summed E-state index contributed by atoms with van der Waals surface area (Å²) < 4.78 is 9.28. The summed E-state index contributed by atoms with van der Waals surface area (Å²) in [5.41, 5.74) is 15.0. The Morgan fingerprint density at radius 1 is 1.12 bits per heavy atom. The number of hydrogen-bond donors (Lipinski definition) is 2. The number of amides is 1. The first kappa shape index (κ1) is 28.4. The summed E-state index contributed by atoms with van der Waals surface area (Å²) in [6, 6.07) is 15.2. The number of aryl methyl sites for hydroxylation is 3. The third kappa shape index (κ3) is 6.18. The Labute approximate surface area is 237 Å². The van der Waals surface area contributed by atoms with Gasteiger partial charge in [-0.3, -0.25) is 19.0 Å². The van der Waals surface area contributed by atoms with Crippen molar-refractivity contribution in [2.45, 2.75) is 13.3 Å². The van der Waals surface area contributed by atoms with E-state index in [1.54, 1.807) is 36.2 Å². The Morgan fingerprint density at radius 3 is 2.51 bits per heavy atom. The van der Waals surface area contributed by atoms with Crippen LogP contribution in [0.5, 0.6) is 0 Å². The number of nitrogens with zero attached hydrogens (tertiary/aromatic N) is 4. The standard InChI is InChI=1S/C23H18N2O2.C9H12N4O/c1-3-19-21(17-8-5-4-6-9-17)23(26)22-18(10-7-11-20(22)27-19)13-12-16-14-24-25(2)15-16;1-3-4-5-6-7(9(11)14)8(10)12-13(6)2/h4-11,14-15H,3H2,1-2H3;3-5H,1H2,2H3,(H2,10,12)(H2,11,14)/b;5-4-. The van der Waals surface area contributed by atoms with E-state index >= 15 is 0 Å². The maximum atomic E-state index is 13.4. The number of nitrogen functional groups attached to an aromatic ring is 1. The minimum atomic E-state index is -0.584. The Hall–Kier alpha value is -5.62. The van der Waals surface area contributed by atoms with Crippen molar-refractivity contribution in [2.24, 2.45) is 19.8 Å². The molecule has 0 saturated carbocycles. The molecular weight excluding hydrogens is 516 g/mol. The van der Waals surface area contributed by atoms with Crippen LogP contribution in [-0.4, -0.2) is 25.5 Å². The van der Waals surface area contributed by atoms with Gasteiger partial charge in [-0.2, -0.15) is 10.2 Å². The summed E-state index contributed by atoms with van der Waals surface area (Å²) in [5, 5.41) is 8.53. The fourth-order valence-electron chi connectivity index (χ4n) is 4.32. The first-order chi connectivity index (χ1) is 19.7. The first-order valence-electron chi connectivity index (χ1n) is 12.8. The summed E-state index contributed by atoms with van der Waals surface area (Å²) in [6.45, 7) is 5.51. The van der Waals surface area contributed by atoms with Crippen LogP contribution in [0.4, 0.5) is 5.82 Å². The Bertz CT molecular complexity index is 1880. The van der Waals surface area contributed by atoms with Gasteiger partial charge >= 0.3 is 0 Å². The van der Waals surface area contributed by atoms with Crippen molar-refractivity contribution in [1.82, 2.24) is 19.6 Å². The number of benzene rings is 2. The van der Waals surface area contributed by atoms with Crippen molar-refractivity contribution in [3.05, 3.63) is 118 Å². The topological polar surface area (TPSA) is 135 Å². The molecule has 9 heteroatoms. The number of carbonyl (C=O) groups is 1. The molecule has 0 aliphatic heterocycles. The van der Waals surface area contributed by atoms with Gasteiger partial charge in [0, 0.05) is 32.3 Å². The second-order valence-corrected chi connectivity index (χ2v) is 9.01. The van der Waals surface area contributed by atoms with Gasteiger partial charge in [0.05, 0.1) is 28.4 Å². The number of anilines is 1. The molecule has 0 bridgehead atoms. The van der Waals surface area contributed by atoms with Gasteiger partial charge < -0.3 is 15.9 Å². The number of nitrogens with two attached hydrogens (primary N) is 2. The SMILES string of the molecule is C=C/C=C\c1c(C(N)=O)c(N)nn1C.CCc1oc2cccc(C#Cc3cnn(C)c3)c2c(=O)c1-c1ccccc1. The van der Waals surface area contributed by atoms with Crippen molar-refractivity contribution < 1.29 is 9.21 Å². The molecule has 206 valence electrons. The number of allylic oxidation sites excluding steroid dienone is 2. The second kappa shape index (κ2) is 12.5. The molecule has 0 unspecified atom stereocenters. The monoisotopic (exact) mass is 546 g/mol. The van der Waals surface area contributed by atoms with E-state index in [4.69, 9.17) is 15.9 Å². The number of primary amides is 1. The number of aromatic nitrogens is 4. The summed E-state index contributed by atoms with van der Waals surface area (Å²) in [7, 11) is 3.53. The van der Waals surface area contributed by atoms with E-state index in [1.165, 1.54) is 4.68 Å². The average Bonchev–Trinajstić information content (AvgIpc) is 3.51. The van der Waals surface area contributed by atoms with Crippen molar-refractivity contribution in [2.75, 3.05) is 5.73 Å². The van der Waals surface area contributed by atoms with E-state index in [9.17, 15) is 9.59 Å². The summed E-state index contributed by atoms with van der Waals surface area (Å²) in [5.74, 6) is 6.44. The fraction of sp³-hybridized carbons (Fsp3) is 0.125. The molecule has 0 spiro atoms. The first-order valence-corrected chi connectivity index (χ1v) is 12.8. The summed E-state index contributed by atoms with van der Waals surface area (Å²) in [4.78, 5) is 24.4. The molecule has 5 aromatic rings. The quantitative estimate of drug-likeness (QED) is 0.247. The van der Waals surface area contributed by atoms with Crippen LogP contribution in [0.3, 0.4) is 0 Å². The van der Waals surface area contributed by atoms with Gasteiger partial charge in [0.1, 0.15) is 16.9 Å². The zero-order valence-electron chi connectivity index (χ0n) is 23.1. The number of rotatable bonds is 5. The van der Waals surface area contributed by atoms with E-state index in [2.05, 4.69) is 28.6 Å². The summed E-state index contributed by atoms with van der Waals surface area (Å²) >= 11 is 0. The van der Waals surface area contributed by atoms with Crippen molar-refractivity contribution >= 4 is 28.8 Å². The molecule has 4 N–H and O–H groups in total. The molecule has 0 atom stereocenters. The molecule has 1 amide bonds. The Balaban J connectivity index is 0.000000234. The van der Waals surface area contributed by atoms with Crippen LogP contribution in [0, 0.1) is 11.8 Å². The molecule has 0 saturated heterocycles. The maximum absolute atomic E-state index is 13.4. The lowest BCUT2D eigenvalue weighted by Crippen LogP contribution is -2.13. The van der Waals surface area contributed by atoms with E-state index in [1.807, 2.05) is 68.7 Å². The zero-order chi connectivity index (χ0) is 29.5. The highest BCUT2D eigenvalue weighted by atomic mass is 16.3. The fourth-order valence-corrected chi connectivity index (χ4v) is 4.32. The molecule has 0 radical (unpaired) electrons. The third-order valence-electron chi connectivity index (χ3n) is 6.18. The molecule has 3 heterocycles. The van der Waals surface area contributed by atoms with E-state index in [0.29, 0.717) is 40.0 Å². The van der Waals surface area contributed by atoms with Crippen LogP contribution in [0.15, 0.2) is 88.9 Å². The van der Waals surface area contributed by atoms with Gasteiger partial charge in [0.25, 0.3) is 5.91 Å². The van der Waals surface area contributed by atoms with Crippen LogP contribution in [0.25, 0.3) is 28.2 Å². The molecule has 2 aromatic carbocycles. The zero-order valence-corrected chi connectivity index (χ0v) is 23.1. The minimum absolute atomic E-state index is 0.0459. The largest absolute Gasteiger partial charge is 0.460 e. The molecule has 41 heavy (non-hydrogen) atoms. The van der Waals surface area contributed by atoms with E-state index < -0.39 is 5.91 Å². The molecule has 0 fully saturated rings. The Morgan fingerprint density at radius 2 is 1.88 bits per heavy atom. The minimum Gasteiger partial charge on any atom is -0.460 e. The highest BCUT2D eigenvalue weighted by Gasteiger charge is 2.17. The molecule has 0 aliphatic rings. The van der Waals surface area contributed by atoms with Gasteiger partial charge in [-0.05, 0) is 23.8 Å². The lowest BCUT2D eigenvalue weighted by molar-refractivity contribution is 0.100. The maximum Gasteiger partial charge on any atom is 0.254 e. The van der Waals surface area contributed by atoms with Crippen LogP contribution in [0.1, 0.15) is 39.9 Å². The van der Waals surface area contributed by atoms with Crippen LogP contribution in [-0.2, 0) is 20.5 Å². The molecular formula is C32H30N6O3. The Kier molecular flexibility index (Phi) is 8.65. The number of hydrogen-bond acceptors (Lipinski definition) is 6. The van der Waals surface area contributed by atoms with Gasteiger partial charge in [0.15, 0.2) is 5.82 Å². The average molecular weight is 547 g/mol. The van der Waals surface area contributed by atoms with Crippen molar-refractivity contribution in [3.63, 3.8) is 0 Å². The number of fused-ring (bicyclic) bond motifs is 1. The van der Waals surface area contributed by atoms with Gasteiger partial charge in [-0.1, -0.05) is 73.9 Å². The van der Waals surface area contributed by atoms with Gasteiger partial charge in [-0.15, -0.1) is 0 Å². The third-order valence-corrected chi connectivity index (χ3v) is 6.18. The van der Waals surface area contributed by atoms with Crippen LogP contribution < -0.4 is 16.9 Å². The predicted octanol–water partition coefficient (Wildman–Crippen LogP) is 4.46. The molecule has 5 rings (SSSR count). The van der Waals surface area contributed by atoms with Gasteiger partial charge in [0.2, 0.25) is 5.43 Å². The molecule has 9 nitrogen and oxygen atoms in total. The van der Waals surface area contributed by atoms with Crippen LogP contribution >= 0.6 is 0 Å². The highest BCUT2D eigenvalue weighted by Crippen LogP contribution is 2.26. The molecule has 0 aliphatic carbocycles. The second-order valence-electron chi connectivity index (χ2n) is 9.01. The lowest BCUT2D eigenvalue weighted by Gasteiger charge is -2.09. The normalized spacial score (nSPS) is 10.6. The van der Waals surface area contributed by atoms with E-state index in [-0.39, 0.29) is 16.8 Å². The van der Waals surface area contributed by atoms with Crippen LogP contribution in [0.2, 0.25) is 0 Å². The number of carbonyl (C=O) groups excluding carboxylic acids is 1.